The van der Waals surface area contributed by atoms with E-state index in [2.05, 4.69) is 5.32 Å². The van der Waals surface area contributed by atoms with Crippen LogP contribution in [-0.2, 0) is 9.59 Å². The lowest BCUT2D eigenvalue weighted by molar-refractivity contribution is -0.137. The van der Waals surface area contributed by atoms with Crippen LogP contribution < -0.4 is 10.1 Å². The quantitative estimate of drug-likeness (QED) is 0.619. The number of carbonyl (C=O) groups excluding carboxylic acids is 1. The molecular weight excluding hydrogens is 341 g/mol. The Morgan fingerprint density at radius 2 is 1.91 bits per heavy atom. The monoisotopic (exact) mass is 361 g/mol. The van der Waals surface area contributed by atoms with Crippen LogP contribution in [-0.4, -0.2) is 29.6 Å². The minimum atomic E-state index is -0.774. The summed E-state index contributed by atoms with van der Waals surface area (Å²) in [5.41, 5.74) is 0. The van der Waals surface area contributed by atoms with E-state index in [4.69, 9.17) is 33.0 Å². The molecule has 128 valence electrons. The van der Waals surface area contributed by atoms with E-state index >= 15 is 0 Å². The van der Waals surface area contributed by atoms with Gasteiger partial charge in [0.05, 0.1) is 5.02 Å². The molecule has 0 aromatic heterocycles. The van der Waals surface area contributed by atoms with Crippen molar-refractivity contribution in [3.63, 3.8) is 0 Å². The van der Waals surface area contributed by atoms with Crippen molar-refractivity contribution in [2.75, 3.05) is 6.54 Å². The third kappa shape index (κ3) is 7.57. The van der Waals surface area contributed by atoms with Crippen LogP contribution in [0.25, 0.3) is 0 Å². The summed E-state index contributed by atoms with van der Waals surface area (Å²) < 4.78 is 5.52. The molecule has 0 saturated carbocycles. The molecule has 1 amide bonds. The van der Waals surface area contributed by atoms with E-state index in [0.717, 1.165) is 19.3 Å². The Hall–Kier alpha value is -1.46. The molecule has 0 spiro atoms. The number of carbonyl (C=O) groups is 2. The van der Waals surface area contributed by atoms with Crippen LogP contribution in [0.3, 0.4) is 0 Å². The highest BCUT2D eigenvalue weighted by Gasteiger charge is 2.16. The Morgan fingerprint density at radius 1 is 1.22 bits per heavy atom. The van der Waals surface area contributed by atoms with E-state index in [-0.39, 0.29) is 17.4 Å². The zero-order valence-electron chi connectivity index (χ0n) is 13.0. The van der Waals surface area contributed by atoms with E-state index in [0.29, 0.717) is 23.7 Å². The number of rotatable bonds is 10. The lowest BCUT2D eigenvalue weighted by atomic mass is 10.1. The van der Waals surface area contributed by atoms with Gasteiger partial charge in [0, 0.05) is 13.0 Å². The Labute approximate surface area is 145 Å². The van der Waals surface area contributed by atoms with Crippen molar-refractivity contribution >= 4 is 35.1 Å². The van der Waals surface area contributed by atoms with Crippen molar-refractivity contribution in [2.45, 2.75) is 45.1 Å². The maximum Gasteiger partial charge on any atom is 0.303 e. The summed E-state index contributed by atoms with van der Waals surface area (Å²) in [7, 11) is 0. The molecule has 0 heterocycles. The molecule has 1 atom stereocenters. The maximum atomic E-state index is 11.9. The van der Waals surface area contributed by atoms with Crippen molar-refractivity contribution in [1.82, 2.24) is 5.32 Å². The number of benzene rings is 1. The fourth-order valence-corrected chi connectivity index (χ4v) is 2.27. The van der Waals surface area contributed by atoms with Gasteiger partial charge in [-0.1, -0.05) is 42.1 Å². The standard InChI is InChI=1S/C16H21Cl2NO4/c1-11(23-13-8-6-7-12(17)15(13)18)16(22)19-10-5-3-2-4-9-14(20)21/h6-8,11H,2-5,9-10H2,1H3,(H,19,22)(H,20,21). The predicted octanol–water partition coefficient (Wildman–Crippen LogP) is 3.91. The van der Waals surface area contributed by atoms with Crippen molar-refractivity contribution in [3.8, 4) is 5.75 Å². The molecule has 7 heteroatoms. The second kappa shape index (κ2) is 10.3. The van der Waals surface area contributed by atoms with Gasteiger partial charge in [-0.15, -0.1) is 0 Å². The highest BCUT2D eigenvalue weighted by atomic mass is 35.5. The highest BCUT2D eigenvalue weighted by molar-refractivity contribution is 6.42. The van der Waals surface area contributed by atoms with Crippen molar-refractivity contribution in [2.24, 2.45) is 0 Å². The molecule has 0 radical (unpaired) electrons. The number of hydrogen-bond donors (Lipinski definition) is 2. The van der Waals surface area contributed by atoms with Gasteiger partial charge < -0.3 is 15.2 Å². The third-order valence-corrected chi connectivity index (χ3v) is 4.01. The molecule has 0 aliphatic heterocycles. The Morgan fingerprint density at radius 3 is 2.61 bits per heavy atom. The molecule has 0 bridgehead atoms. The lowest BCUT2D eigenvalue weighted by Gasteiger charge is -2.16. The van der Waals surface area contributed by atoms with E-state index in [1.165, 1.54) is 0 Å². The summed E-state index contributed by atoms with van der Waals surface area (Å²) in [6.07, 6.45) is 2.69. The van der Waals surface area contributed by atoms with E-state index in [9.17, 15) is 9.59 Å². The van der Waals surface area contributed by atoms with Gasteiger partial charge in [-0.25, -0.2) is 0 Å². The first-order valence-corrected chi connectivity index (χ1v) is 8.27. The normalized spacial score (nSPS) is 11.8. The van der Waals surface area contributed by atoms with Crippen LogP contribution in [0.1, 0.15) is 39.0 Å². The fourth-order valence-electron chi connectivity index (χ4n) is 1.93. The summed E-state index contributed by atoms with van der Waals surface area (Å²) in [5.74, 6) is -0.633. The molecule has 5 nitrogen and oxygen atoms in total. The summed E-state index contributed by atoms with van der Waals surface area (Å²) >= 11 is 11.9. The van der Waals surface area contributed by atoms with Gasteiger partial charge in [0.1, 0.15) is 10.8 Å². The summed E-state index contributed by atoms with van der Waals surface area (Å²) in [6.45, 7) is 2.17. The summed E-state index contributed by atoms with van der Waals surface area (Å²) in [5, 5.41) is 12.0. The van der Waals surface area contributed by atoms with E-state index < -0.39 is 12.1 Å². The maximum absolute atomic E-state index is 11.9. The van der Waals surface area contributed by atoms with Gasteiger partial charge in [-0.3, -0.25) is 9.59 Å². The zero-order chi connectivity index (χ0) is 17.2. The molecule has 1 aromatic carbocycles. The van der Waals surface area contributed by atoms with Gasteiger partial charge in [0.25, 0.3) is 5.91 Å². The first kappa shape index (κ1) is 19.6. The van der Waals surface area contributed by atoms with Crippen molar-refractivity contribution < 1.29 is 19.4 Å². The SMILES string of the molecule is CC(Oc1cccc(Cl)c1Cl)C(=O)NCCCCCCC(=O)O. The molecule has 0 aliphatic carbocycles. The Bertz CT molecular complexity index is 537. The second-order valence-electron chi connectivity index (χ2n) is 5.16. The highest BCUT2D eigenvalue weighted by Crippen LogP contribution is 2.32. The van der Waals surface area contributed by atoms with Crippen LogP contribution in [0.15, 0.2) is 18.2 Å². The number of ether oxygens (including phenoxy) is 1. The minimum absolute atomic E-state index is 0.192. The number of hydrogen-bond acceptors (Lipinski definition) is 3. The molecule has 23 heavy (non-hydrogen) atoms. The first-order valence-electron chi connectivity index (χ1n) is 7.52. The molecular formula is C16H21Cl2NO4. The fraction of sp³-hybridized carbons (Fsp3) is 0.500. The Kier molecular flexibility index (Phi) is 8.81. The molecule has 2 N–H and O–H groups in total. The van der Waals surface area contributed by atoms with Crippen molar-refractivity contribution in [1.29, 1.82) is 0 Å². The van der Waals surface area contributed by atoms with Crippen LogP contribution in [0, 0.1) is 0 Å². The second-order valence-corrected chi connectivity index (χ2v) is 5.95. The number of carboxylic acids is 1. The number of halogens is 2. The Balaban J connectivity index is 2.24. The van der Waals surface area contributed by atoms with Gasteiger partial charge in [-0.05, 0) is 31.9 Å². The molecule has 1 rings (SSSR count). The average Bonchev–Trinajstić information content (AvgIpc) is 2.50. The number of aliphatic carboxylic acids is 1. The van der Waals surface area contributed by atoms with Crippen LogP contribution >= 0.6 is 23.2 Å². The molecule has 1 unspecified atom stereocenters. The predicted molar refractivity (Wildman–Crippen MR) is 90.3 cm³/mol. The number of amides is 1. The molecule has 1 aromatic rings. The van der Waals surface area contributed by atoms with Gasteiger partial charge >= 0.3 is 5.97 Å². The van der Waals surface area contributed by atoms with Gasteiger partial charge in [-0.2, -0.15) is 0 Å². The van der Waals surface area contributed by atoms with Crippen LogP contribution in [0.4, 0.5) is 0 Å². The third-order valence-electron chi connectivity index (χ3n) is 3.21. The van der Waals surface area contributed by atoms with Crippen LogP contribution in [0.2, 0.25) is 10.0 Å². The number of carboxylic acid groups (broad SMARTS) is 1. The largest absolute Gasteiger partial charge is 0.481 e. The zero-order valence-corrected chi connectivity index (χ0v) is 14.5. The summed E-state index contributed by atoms with van der Waals surface area (Å²) in [4.78, 5) is 22.3. The lowest BCUT2D eigenvalue weighted by Crippen LogP contribution is -2.36. The molecule has 0 saturated heterocycles. The molecule has 0 aliphatic rings. The van der Waals surface area contributed by atoms with Crippen LogP contribution in [0.5, 0.6) is 5.75 Å². The van der Waals surface area contributed by atoms with Gasteiger partial charge in [0.2, 0.25) is 0 Å². The van der Waals surface area contributed by atoms with Crippen molar-refractivity contribution in [3.05, 3.63) is 28.2 Å². The average molecular weight is 362 g/mol. The summed E-state index contributed by atoms with van der Waals surface area (Å²) in [6, 6.07) is 5.00. The van der Waals surface area contributed by atoms with E-state index in [1.807, 2.05) is 0 Å². The van der Waals surface area contributed by atoms with E-state index in [1.54, 1.807) is 25.1 Å². The topological polar surface area (TPSA) is 75.6 Å². The smallest absolute Gasteiger partial charge is 0.303 e. The minimum Gasteiger partial charge on any atom is -0.481 e. The van der Waals surface area contributed by atoms with Gasteiger partial charge in [0.15, 0.2) is 6.10 Å². The number of unbranched alkanes of at least 4 members (excludes halogenated alkanes) is 3. The first-order chi connectivity index (χ1) is 10.9. The number of nitrogens with one attached hydrogen (secondary N) is 1. The molecule has 0 fully saturated rings.